The number of aromatic amines is 1. The number of ether oxygens (including phenoxy) is 1. The zero-order valence-corrected chi connectivity index (χ0v) is 19.6. The minimum Gasteiger partial charge on any atom is -0.495 e. The molecule has 0 unspecified atom stereocenters. The number of nitrogens with zero attached hydrogens (tertiary/aromatic N) is 3. The summed E-state index contributed by atoms with van der Waals surface area (Å²) < 4.78 is 26.2. The van der Waals surface area contributed by atoms with E-state index in [-0.39, 0.29) is 23.5 Å². The molecule has 36 heavy (non-hydrogen) atoms. The number of hydrogen-bond acceptors (Lipinski definition) is 7. The molecule has 2 N–H and O–H groups in total. The molecular weight excluding hydrogens is 465 g/mol. The van der Waals surface area contributed by atoms with Crippen molar-refractivity contribution >= 4 is 33.0 Å². The molecule has 1 saturated carbocycles. The lowest BCUT2D eigenvalue weighted by atomic mass is 9.90. The lowest BCUT2D eigenvalue weighted by molar-refractivity contribution is 0.289. The first-order valence-corrected chi connectivity index (χ1v) is 11.9. The van der Waals surface area contributed by atoms with E-state index in [1.807, 2.05) is 6.07 Å². The van der Waals surface area contributed by atoms with Crippen LogP contribution >= 0.6 is 0 Å². The summed E-state index contributed by atoms with van der Waals surface area (Å²) in [5.41, 5.74) is 2.35. The van der Waals surface area contributed by atoms with Crippen LogP contribution in [0.4, 0.5) is 4.39 Å². The monoisotopic (exact) mass is 489 g/mol. The van der Waals surface area contributed by atoms with Gasteiger partial charge in [0.1, 0.15) is 17.1 Å². The molecule has 4 aromatic heterocycles. The van der Waals surface area contributed by atoms with E-state index in [1.54, 1.807) is 23.9 Å². The molecule has 0 amide bonds. The van der Waals surface area contributed by atoms with Crippen LogP contribution in [-0.2, 0) is 6.54 Å². The Morgan fingerprint density at radius 3 is 2.72 bits per heavy atom. The number of fused-ring (bicyclic) bond motifs is 4. The molecule has 1 aromatic carbocycles. The quantitative estimate of drug-likeness (QED) is 0.361. The molecule has 10 heteroatoms. The SMILES string of the molecule is COc1cnc2ncc(=O)n([C@H]3CC[C@H](NCc4cc5c(=O)oc6ccc(F)cc6c5[nH]4)CC3)c2c1. The van der Waals surface area contributed by atoms with Gasteiger partial charge in [-0.1, -0.05) is 0 Å². The van der Waals surface area contributed by atoms with Gasteiger partial charge in [-0.25, -0.2) is 19.2 Å². The second kappa shape index (κ2) is 8.87. The lowest BCUT2D eigenvalue weighted by Gasteiger charge is -2.31. The highest BCUT2D eigenvalue weighted by molar-refractivity contribution is 6.02. The van der Waals surface area contributed by atoms with E-state index in [2.05, 4.69) is 20.3 Å². The van der Waals surface area contributed by atoms with Crippen molar-refractivity contribution in [2.75, 3.05) is 7.11 Å². The normalized spacial score (nSPS) is 18.3. The summed E-state index contributed by atoms with van der Waals surface area (Å²) >= 11 is 0. The Hall–Kier alpha value is -4.05. The maximum atomic E-state index is 13.8. The van der Waals surface area contributed by atoms with Crippen LogP contribution in [0.3, 0.4) is 0 Å². The van der Waals surface area contributed by atoms with Crippen LogP contribution in [-0.4, -0.2) is 32.7 Å². The Morgan fingerprint density at radius 2 is 1.92 bits per heavy atom. The second-order valence-corrected chi connectivity index (χ2v) is 9.18. The molecule has 1 aliphatic rings. The summed E-state index contributed by atoms with van der Waals surface area (Å²) in [5.74, 6) is 0.195. The Labute approximate surface area is 203 Å². The van der Waals surface area contributed by atoms with Gasteiger partial charge in [0.15, 0.2) is 5.65 Å². The van der Waals surface area contributed by atoms with Gasteiger partial charge in [0, 0.05) is 35.8 Å². The average molecular weight is 490 g/mol. The first-order chi connectivity index (χ1) is 17.5. The van der Waals surface area contributed by atoms with Crippen molar-refractivity contribution < 1.29 is 13.5 Å². The molecule has 1 aliphatic carbocycles. The molecule has 184 valence electrons. The van der Waals surface area contributed by atoms with Crippen LogP contribution in [0.2, 0.25) is 0 Å². The fourth-order valence-electron chi connectivity index (χ4n) is 5.20. The van der Waals surface area contributed by atoms with E-state index in [0.29, 0.717) is 45.3 Å². The molecule has 1 fully saturated rings. The molecule has 0 saturated heterocycles. The smallest absolute Gasteiger partial charge is 0.345 e. The van der Waals surface area contributed by atoms with E-state index in [4.69, 9.17) is 9.15 Å². The standard InChI is InChI=1S/C26H24FN5O4/c1-35-18-10-21-25(29-12-18)30-13-23(33)32(21)17-5-3-15(4-6-17)28-11-16-9-20-24(31-16)19-8-14(27)2-7-22(19)36-26(20)34/h2,7-10,12-13,15,17,28,31H,3-6,11H2,1H3/t15-,17-. The molecule has 5 aromatic rings. The molecule has 0 aliphatic heterocycles. The summed E-state index contributed by atoms with van der Waals surface area (Å²) in [6, 6.07) is 7.98. The van der Waals surface area contributed by atoms with Crippen LogP contribution in [0.25, 0.3) is 33.0 Å². The minimum atomic E-state index is -0.451. The molecule has 4 heterocycles. The molecule has 0 radical (unpaired) electrons. The van der Waals surface area contributed by atoms with Gasteiger partial charge < -0.3 is 24.0 Å². The first-order valence-electron chi connectivity index (χ1n) is 11.9. The predicted molar refractivity (Wildman–Crippen MR) is 133 cm³/mol. The van der Waals surface area contributed by atoms with E-state index >= 15 is 0 Å². The Morgan fingerprint density at radius 1 is 1.11 bits per heavy atom. The van der Waals surface area contributed by atoms with E-state index in [0.717, 1.165) is 31.4 Å². The number of H-pyrrole nitrogens is 1. The van der Waals surface area contributed by atoms with E-state index in [9.17, 15) is 14.0 Å². The van der Waals surface area contributed by atoms with Crippen molar-refractivity contribution in [3.63, 3.8) is 0 Å². The third-order valence-corrected chi connectivity index (χ3v) is 7.00. The summed E-state index contributed by atoms with van der Waals surface area (Å²) in [7, 11) is 1.57. The second-order valence-electron chi connectivity index (χ2n) is 9.18. The van der Waals surface area contributed by atoms with Gasteiger partial charge in [0.2, 0.25) is 0 Å². The van der Waals surface area contributed by atoms with E-state index in [1.165, 1.54) is 24.4 Å². The Balaban J connectivity index is 1.18. The van der Waals surface area contributed by atoms with Crippen LogP contribution < -0.4 is 21.2 Å². The average Bonchev–Trinajstić information content (AvgIpc) is 3.33. The maximum Gasteiger partial charge on any atom is 0.345 e. The molecule has 0 atom stereocenters. The van der Waals surface area contributed by atoms with Gasteiger partial charge in [-0.15, -0.1) is 0 Å². The van der Waals surface area contributed by atoms with Crippen molar-refractivity contribution in [1.29, 1.82) is 0 Å². The molecule has 6 rings (SSSR count). The van der Waals surface area contributed by atoms with Crippen molar-refractivity contribution in [3.05, 3.63) is 75.0 Å². The van der Waals surface area contributed by atoms with Crippen molar-refractivity contribution in [2.45, 2.75) is 44.3 Å². The third-order valence-electron chi connectivity index (χ3n) is 7.00. The van der Waals surface area contributed by atoms with Crippen LogP contribution in [0.1, 0.15) is 37.4 Å². The molecular formula is C26H24FN5O4. The van der Waals surface area contributed by atoms with Crippen molar-refractivity contribution in [1.82, 2.24) is 24.8 Å². The third kappa shape index (κ3) is 3.93. The van der Waals surface area contributed by atoms with Gasteiger partial charge in [-0.05, 0) is 49.9 Å². The van der Waals surface area contributed by atoms with Gasteiger partial charge in [-0.3, -0.25) is 4.79 Å². The minimum absolute atomic E-state index is 0.0499. The number of pyridine rings is 1. The Bertz CT molecular complexity index is 1720. The number of benzene rings is 1. The van der Waals surface area contributed by atoms with E-state index < -0.39 is 5.63 Å². The molecule has 0 bridgehead atoms. The first kappa shape index (κ1) is 22.4. The number of nitrogens with one attached hydrogen (secondary N) is 2. The van der Waals surface area contributed by atoms with Crippen molar-refractivity contribution in [2.24, 2.45) is 0 Å². The summed E-state index contributed by atoms with van der Waals surface area (Å²) in [6.07, 6.45) is 6.35. The number of methoxy groups -OCH3 is 1. The summed E-state index contributed by atoms with van der Waals surface area (Å²) in [6.45, 7) is 0.527. The van der Waals surface area contributed by atoms with Crippen LogP contribution in [0, 0.1) is 5.82 Å². The lowest BCUT2D eigenvalue weighted by Crippen LogP contribution is -2.36. The topological polar surface area (TPSA) is 115 Å². The zero-order valence-electron chi connectivity index (χ0n) is 19.6. The number of rotatable bonds is 5. The number of halogens is 1. The van der Waals surface area contributed by atoms with Gasteiger partial charge >= 0.3 is 5.63 Å². The highest BCUT2D eigenvalue weighted by Crippen LogP contribution is 2.30. The van der Waals surface area contributed by atoms with Crippen LogP contribution in [0.15, 0.2) is 56.7 Å². The fourth-order valence-corrected chi connectivity index (χ4v) is 5.20. The summed E-state index contributed by atoms with van der Waals surface area (Å²) in [5, 5.41) is 4.49. The van der Waals surface area contributed by atoms with Crippen LogP contribution in [0.5, 0.6) is 5.75 Å². The summed E-state index contributed by atoms with van der Waals surface area (Å²) in [4.78, 5) is 36.8. The Kier molecular flexibility index (Phi) is 5.52. The number of hydrogen-bond donors (Lipinski definition) is 2. The van der Waals surface area contributed by atoms with Gasteiger partial charge in [0.25, 0.3) is 5.56 Å². The maximum absolute atomic E-state index is 13.8. The largest absolute Gasteiger partial charge is 0.495 e. The zero-order chi connectivity index (χ0) is 24.8. The van der Waals surface area contributed by atoms with Gasteiger partial charge in [-0.2, -0.15) is 0 Å². The van der Waals surface area contributed by atoms with Crippen molar-refractivity contribution in [3.8, 4) is 5.75 Å². The highest BCUT2D eigenvalue weighted by Gasteiger charge is 2.25. The predicted octanol–water partition coefficient (Wildman–Crippen LogP) is 3.80. The molecule has 9 nitrogen and oxygen atoms in total. The highest BCUT2D eigenvalue weighted by atomic mass is 19.1. The molecule has 0 spiro atoms. The van der Waals surface area contributed by atoms with Gasteiger partial charge in [0.05, 0.1) is 35.9 Å². The number of aromatic nitrogens is 4. The fraction of sp³-hybridized carbons (Fsp3) is 0.308.